The summed E-state index contributed by atoms with van der Waals surface area (Å²) in [5.41, 5.74) is 0. The largest absolute Gasteiger partial charge is 0.489 e. The highest BCUT2D eigenvalue weighted by Gasteiger charge is 2.27. The summed E-state index contributed by atoms with van der Waals surface area (Å²) in [6.07, 6.45) is 2.53. The number of piperidine rings is 1. The highest BCUT2D eigenvalue weighted by molar-refractivity contribution is 8.03. The Morgan fingerprint density at radius 2 is 1.71 bits per heavy atom. The molecule has 0 atom stereocenters. The molecule has 2 fully saturated rings. The number of thioether (sulfide) groups is 2. The highest BCUT2D eigenvalue weighted by Crippen LogP contribution is 2.28. The van der Waals surface area contributed by atoms with E-state index in [1.807, 2.05) is 24.3 Å². The molecule has 2 heterocycles. The predicted octanol–water partition coefficient (Wildman–Crippen LogP) is 4.03. The average molecular weight is 344 g/mol. The van der Waals surface area contributed by atoms with Gasteiger partial charge in [-0.3, -0.25) is 4.90 Å². The van der Waals surface area contributed by atoms with Crippen LogP contribution in [0.3, 0.4) is 0 Å². The lowest BCUT2D eigenvalue weighted by Crippen LogP contribution is -2.46. The van der Waals surface area contributed by atoms with Gasteiger partial charge in [-0.2, -0.15) is 23.5 Å². The van der Waals surface area contributed by atoms with Gasteiger partial charge in [0, 0.05) is 42.1 Å². The van der Waals surface area contributed by atoms with Crippen LogP contribution in [0.2, 0.25) is 5.02 Å². The molecule has 21 heavy (non-hydrogen) atoms. The minimum Gasteiger partial charge on any atom is -0.489 e. The highest BCUT2D eigenvalue weighted by atomic mass is 35.5. The molecule has 2 aliphatic heterocycles. The van der Waals surface area contributed by atoms with Crippen LogP contribution in [0.1, 0.15) is 12.8 Å². The van der Waals surface area contributed by atoms with E-state index >= 15 is 0 Å². The lowest BCUT2D eigenvalue weighted by molar-refractivity contribution is 0.0865. The Bertz CT molecular complexity index is 444. The number of rotatable bonds is 3. The second kappa shape index (κ2) is 8.00. The Hall–Kier alpha value is -0.0300. The summed E-state index contributed by atoms with van der Waals surface area (Å²) in [7, 11) is 0. The third-order valence-corrected chi connectivity index (χ3v) is 6.91. The first-order valence-electron chi connectivity index (χ1n) is 7.63. The molecule has 2 saturated heterocycles. The molecule has 1 aromatic carbocycles. The van der Waals surface area contributed by atoms with E-state index in [1.165, 1.54) is 23.0 Å². The molecule has 2 nitrogen and oxygen atoms in total. The number of hydrogen-bond acceptors (Lipinski definition) is 4. The van der Waals surface area contributed by atoms with E-state index < -0.39 is 0 Å². The van der Waals surface area contributed by atoms with Gasteiger partial charge in [0.05, 0.1) is 5.02 Å². The zero-order valence-corrected chi connectivity index (χ0v) is 14.6. The van der Waals surface area contributed by atoms with Gasteiger partial charge < -0.3 is 4.74 Å². The van der Waals surface area contributed by atoms with Gasteiger partial charge in [-0.25, -0.2) is 0 Å². The molecule has 0 spiro atoms. The average Bonchev–Trinajstić information content (AvgIpc) is 2.80. The molecular weight excluding hydrogens is 322 g/mol. The second-order valence-electron chi connectivity index (χ2n) is 5.59. The van der Waals surface area contributed by atoms with Gasteiger partial charge in [0.1, 0.15) is 11.9 Å². The third kappa shape index (κ3) is 4.47. The van der Waals surface area contributed by atoms with Crippen molar-refractivity contribution in [3.05, 3.63) is 29.3 Å². The van der Waals surface area contributed by atoms with Gasteiger partial charge in [0.15, 0.2) is 0 Å². The summed E-state index contributed by atoms with van der Waals surface area (Å²) in [5.74, 6) is 6.05. The van der Waals surface area contributed by atoms with E-state index in [-0.39, 0.29) is 0 Å². The minimum absolute atomic E-state index is 0.312. The zero-order chi connectivity index (χ0) is 14.5. The van der Waals surface area contributed by atoms with Crippen molar-refractivity contribution in [2.75, 3.05) is 36.1 Å². The molecule has 1 aromatic rings. The van der Waals surface area contributed by atoms with Crippen LogP contribution in [0, 0.1) is 0 Å². The maximum Gasteiger partial charge on any atom is 0.138 e. The molecule has 2 aliphatic rings. The van der Waals surface area contributed by atoms with Crippen LogP contribution in [0.4, 0.5) is 0 Å². The van der Waals surface area contributed by atoms with Crippen molar-refractivity contribution in [2.45, 2.75) is 25.0 Å². The first-order valence-corrected chi connectivity index (χ1v) is 10.3. The molecule has 116 valence electrons. The van der Waals surface area contributed by atoms with E-state index in [9.17, 15) is 0 Å². The number of para-hydroxylation sites is 1. The SMILES string of the molecule is Clc1ccccc1OC1CCN(C2CSCCSC2)CC1. The Morgan fingerprint density at radius 3 is 2.38 bits per heavy atom. The van der Waals surface area contributed by atoms with E-state index in [4.69, 9.17) is 16.3 Å². The maximum atomic E-state index is 6.17. The molecule has 0 amide bonds. The van der Waals surface area contributed by atoms with Crippen molar-refractivity contribution in [3.8, 4) is 5.75 Å². The molecule has 0 unspecified atom stereocenters. The van der Waals surface area contributed by atoms with Crippen molar-refractivity contribution in [1.82, 2.24) is 4.90 Å². The lowest BCUT2D eigenvalue weighted by atomic mass is 10.1. The molecular formula is C16H22ClNOS2. The van der Waals surface area contributed by atoms with E-state index in [0.717, 1.165) is 42.7 Å². The van der Waals surface area contributed by atoms with Gasteiger partial charge in [-0.15, -0.1) is 0 Å². The van der Waals surface area contributed by atoms with Gasteiger partial charge in [0.25, 0.3) is 0 Å². The van der Waals surface area contributed by atoms with Crippen molar-refractivity contribution >= 4 is 35.1 Å². The van der Waals surface area contributed by atoms with E-state index in [2.05, 4.69) is 28.4 Å². The topological polar surface area (TPSA) is 12.5 Å². The number of ether oxygens (including phenoxy) is 1. The lowest BCUT2D eigenvalue weighted by Gasteiger charge is -2.37. The van der Waals surface area contributed by atoms with E-state index in [1.54, 1.807) is 0 Å². The summed E-state index contributed by atoms with van der Waals surface area (Å²) >= 11 is 10.4. The number of benzene rings is 1. The van der Waals surface area contributed by atoms with Crippen LogP contribution in [0.15, 0.2) is 24.3 Å². The van der Waals surface area contributed by atoms with Gasteiger partial charge >= 0.3 is 0 Å². The Labute approximate surface area is 140 Å². The second-order valence-corrected chi connectivity index (χ2v) is 8.29. The molecule has 0 aliphatic carbocycles. The molecule has 0 radical (unpaired) electrons. The van der Waals surface area contributed by atoms with Crippen LogP contribution < -0.4 is 4.74 Å². The number of nitrogens with zero attached hydrogens (tertiary/aromatic N) is 1. The molecule has 0 aromatic heterocycles. The number of halogens is 1. The van der Waals surface area contributed by atoms with Crippen LogP contribution in [-0.4, -0.2) is 53.1 Å². The Kier molecular flexibility index (Phi) is 6.04. The summed E-state index contributed by atoms with van der Waals surface area (Å²) in [6, 6.07) is 8.54. The molecule has 0 bridgehead atoms. The van der Waals surface area contributed by atoms with Crippen molar-refractivity contribution in [1.29, 1.82) is 0 Å². The van der Waals surface area contributed by atoms with E-state index in [0.29, 0.717) is 6.10 Å². The van der Waals surface area contributed by atoms with Crippen molar-refractivity contribution < 1.29 is 4.74 Å². The first-order chi connectivity index (χ1) is 10.3. The monoisotopic (exact) mass is 343 g/mol. The van der Waals surface area contributed by atoms with Gasteiger partial charge in [0.2, 0.25) is 0 Å². The molecule has 0 saturated carbocycles. The van der Waals surface area contributed by atoms with Gasteiger partial charge in [-0.1, -0.05) is 23.7 Å². The molecule has 5 heteroatoms. The summed E-state index contributed by atoms with van der Waals surface area (Å²) in [4.78, 5) is 2.66. The van der Waals surface area contributed by atoms with Crippen molar-refractivity contribution in [3.63, 3.8) is 0 Å². The maximum absolute atomic E-state index is 6.17. The third-order valence-electron chi connectivity index (χ3n) is 4.12. The predicted molar refractivity (Wildman–Crippen MR) is 95.1 cm³/mol. The fourth-order valence-corrected chi connectivity index (χ4v) is 5.70. The smallest absolute Gasteiger partial charge is 0.138 e. The first kappa shape index (κ1) is 15.9. The van der Waals surface area contributed by atoms with Crippen LogP contribution in [0.25, 0.3) is 0 Å². The van der Waals surface area contributed by atoms with Crippen molar-refractivity contribution in [2.24, 2.45) is 0 Å². The summed E-state index contributed by atoms with van der Waals surface area (Å²) < 4.78 is 6.08. The summed E-state index contributed by atoms with van der Waals surface area (Å²) in [6.45, 7) is 2.31. The molecule has 0 N–H and O–H groups in total. The number of hydrogen-bond donors (Lipinski definition) is 0. The minimum atomic E-state index is 0.312. The normalized spacial score (nSPS) is 22.9. The number of likely N-dealkylation sites (tertiary alicyclic amines) is 1. The fraction of sp³-hybridized carbons (Fsp3) is 0.625. The Morgan fingerprint density at radius 1 is 1.05 bits per heavy atom. The van der Waals surface area contributed by atoms with Crippen LogP contribution in [0.5, 0.6) is 5.75 Å². The summed E-state index contributed by atoms with van der Waals surface area (Å²) in [5, 5.41) is 0.719. The quantitative estimate of drug-likeness (QED) is 0.821. The standard InChI is InChI=1S/C16H22ClNOS2/c17-15-3-1-2-4-16(15)19-14-5-7-18(8-6-14)13-11-20-9-10-21-12-13/h1-4,13-14H,5-12H2. The van der Waals surface area contributed by atoms with Crippen LogP contribution >= 0.6 is 35.1 Å². The zero-order valence-electron chi connectivity index (χ0n) is 12.2. The van der Waals surface area contributed by atoms with Gasteiger partial charge in [-0.05, 0) is 25.0 Å². The molecule has 3 rings (SSSR count). The van der Waals surface area contributed by atoms with Crippen LogP contribution in [-0.2, 0) is 0 Å². The fourth-order valence-electron chi connectivity index (χ4n) is 2.89. The Balaban J connectivity index is 1.49.